The first-order valence-electron chi connectivity index (χ1n) is 2.12. The standard InChI is InChI=1S/C4H5FO4/c5-3(7)2(1-6)4(8)9/h2,6H,1H2,(H,8,9). The van der Waals surface area contributed by atoms with Crippen molar-refractivity contribution >= 4 is 12.0 Å². The van der Waals surface area contributed by atoms with E-state index in [1.54, 1.807) is 0 Å². The topological polar surface area (TPSA) is 74.6 Å². The van der Waals surface area contributed by atoms with E-state index in [4.69, 9.17) is 10.2 Å². The third kappa shape index (κ3) is 2.18. The third-order valence-corrected chi connectivity index (χ3v) is 0.755. The molecule has 0 saturated carbocycles. The normalized spacial score (nSPS) is 12.7. The molecule has 0 aromatic carbocycles. The van der Waals surface area contributed by atoms with Crippen molar-refractivity contribution in [3.63, 3.8) is 0 Å². The molecule has 4 nitrogen and oxygen atoms in total. The second kappa shape index (κ2) is 3.13. The highest BCUT2D eigenvalue weighted by atomic mass is 19.1. The number of aliphatic hydroxyl groups is 1. The number of carboxylic acids is 1. The van der Waals surface area contributed by atoms with Crippen LogP contribution in [0.25, 0.3) is 0 Å². The lowest BCUT2D eigenvalue weighted by Gasteiger charge is -1.98. The molecule has 0 radical (unpaired) electrons. The number of carbonyl (C=O) groups excluding carboxylic acids is 1. The van der Waals surface area contributed by atoms with Gasteiger partial charge in [-0.1, -0.05) is 0 Å². The smallest absolute Gasteiger partial charge is 0.319 e. The Morgan fingerprint density at radius 3 is 2.00 bits per heavy atom. The molecule has 0 amide bonds. The molecule has 0 aromatic rings. The first kappa shape index (κ1) is 8.03. The van der Waals surface area contributed by atoms with Gasteiger partial charge in [0.05, 0.1) is 6.61 Å². The molecule has 0 rings (SSSR count). The predicted molar refractivity (Wildman–Crippen MR) is 24.3 cm³/mol. The minimum atomic E-state index is -2.02. The highest BCUT2D eigenvalue weighted by Crippen LogP contribution is 1.97. The number of carboxylic acid groups (broad SMARTS) is 1. The van der Waals surface area contributed by atoms with E-state index in [0.29, 0.717) is 0 Å². The summed E-state index contributed by atoms with van der Waals surface area (Å²) in [6, 6.07) is -2.02. The molecule has 52 valence electrons. The Labute approximate surface area is 49.9 Å². The fourth-order valence-electron chi connectivity index (χ4n) is 0.247. The molecule has 5 heteroatoms. The highest BCUT2D eigenvalue weighted by molar-refractivity contribution is 5.93. The molecule has 0 bridgehead atoms. The minimum Gasteiger partial charge on any atom is -0.481 e. The van der Waals surface area contributed by atoms with Crippen LogP contribution in [0.2, 0.25) is 0 Å². The second-order valence-electron chi connectivity index (χ2n) is 1.38. The summed E-state index contributed by atoms with van der Waals surface area (Å²) in [5, 5.41) is 15.9. The average Bonchev–Trinajstić information content (AvgIpc) is 1.64. The van der Waals surface area contributed by atoms with Gasteiger partial charge in [-0.15, -0.1) is 0 Å². The van der Waals surface area contributed by atoms with E-state index >= 15 is 0 Å². The van der Waals surface area contributed by atoms with Gasteiger partial charge in [-0.05, 0) is 0 Å². The van der Waals surface area contributed by atoms with E-state index in [1.165, 1.54) is 0 Å². The molecule has 0 spiro atoms. The van der Waals surface area contributed by atoms with Gasteiger partial charge in [-0.2, -0.15) is 4.39 Å². The molecule has 1 unspecified atom stereocenters. The SMILES string of the molecule is O=C(O)C(CO)C(=O)F. The van der Waals surface area contributed by atoms with E-state index in [1.807, 2.05) is 0 Å². The molecular formula is C4H5FO4. The van der Waals surface area contributed by atoms with E-state index in [9.17, 15) is 14.0 Å². The van der Waals surface area contributed by atoms with Gasteiger partial charge in [0.2, 0.25) is 0 Å². The maximum atomic E-state index is 11.4. The van der Waals surface area contributed by atoms with Crippen molar-refractivity contribution in [2.45, 2.75) is 0 Å². The zero-order chi connectivity index (χ0) is 7.44. The maximum Gasteiger partial charge on any atom is 0.319 e. The Bertz CT molecular complexity index is 119. The summed E-state index contributed by atoms with van der Waals surface area (Å²) in [6.07, 6.45) is 0. The van der Waals surface area contributed by atoms with Gasteiger partial charge in [0.1, 0.15) is 0 Å². The quantitative estimate of drug-likeness (QED) is 0.392. The predicted octanol–water partition coefficient (Wildman–Crippen LogP) is -0.824. The van der Waals surface area contributed by atoms with Gasteiger partial charge in [0.15, 0.2) is 5.92 Å². The Kier molecular flexibility index (Phi) is 2.80. The molecule has 0 heterocycles. The van der Waals surface area contributed by atoms with Crippen molar-refractivity contribution in [2.75, 3.05) is 6.61 Å². The van der Waals surface area contributed by atoms with Crippen LogP contribution in [0.4, 0.5) is 4.39 Å². The Morgan fingerprint density at radius 1 is 1.56 bits per heavy atom. The van der Waals surface area contributed by atoms with Crippen LogP contribution < -0.4 is 0 Å². The minimum absolute atomic E-state index is 0.995. The van der Waals surface area contributed by atoms with E-state index in [0.717, 1.165) is 0 Å². The summed E-state index contributed by atoms with van der Waals surface area (Å²) in [7, 11) is 0. The van der Waals surface area contributed by atoms with Gasteiger partial charge < -0.3 is 10.2 Å². The fourth-order valence-corrected chi connectivity index (χ4v) is 0.247. The number of aliphatic hydroxyl groups excluding tert-OH is 1. The average molecular weight is 136 g/mol. The largest absolute Gasteiger partial charge is 0.481 e. The molecule has 0 aliphatic heterocycles. The van der Waals surface area contributed by atoms with Crippen molar-refractivity contribution in [1.82, 2.24) is 0 Å². The summed E-state index contributed by atoms with van der Waals surface area (Å²) >= 11 is 0. The molecular weight excluding hydrogens is 131 g/mol. The Balaban J connectivity index is 3.99. The lowest BCUT2D eigenvalue weighted by Crippen LogP contribution is -2.23. The number of hydrogen-bond acceptors (Lipinski definition) is 3. The number of aliphatic carboxylic acids is 1. The van der Waals surface area contributed by atoms with Crippen molar-refractivity contribution in [3.05, 3.63) is 0 Å². The summed E-state index contributed by atoms with van der Waals surface area (Å²) in [5.74, 6) is -3.56. The number of rotatable bonds is 3. The summed E-state index contributed by atoms with van der Waals surface area (Å²) < 4.78 is 11.4. The molecule has 1 atom stereocenters. The highest BCUT2D eigenvalue weighted by Gasteiger charge is 2.24. The summed E-state index contributed by atoms with van der Waals surface area (Å²) in [4.78, 5) is 19.4. The number of hydrogen-bond donors (Lipinski definition) is 2. The van der Waals surface area contributed by atoms with Crippen LogP contribution in [0.3, 0.4) is 0 Å². The van der Waals surface area contributed by atoms with Gasteiger partial charge in [-0.25, -0.2) is 0 Å². The summed E-state index contributed by atoms with van der Waals surface area (Å²) in [5.41, 5.74) is 0. The molecule has 0 aromatic heterocycles. The lowest BCUT2D eigenvalue weighted by atomic mass is 10.2. The van der Waals surface area contributed by atoms with Crippen LogP contribution in [0, 0.1) is 5.92 Å². The van der Waals surface area contributed by atoms with Crippen LogP contribution >= 0.6 is 0 Å². The van der Waals surface area contributed by atoms with Crippen LogP contribution in [0.15, 0.2) is 0 Å². The molecule has 0 saturated heterocycles. The van der Waals surface area contributed by atoms with Crippen molar-refractivity contribution in [3.8, 4) is 0 Å². The molecule has 2 N–H and O–H groups in total. The second-order valence-corrected chi connectivity index (χ2v) is 1.38. The maximum absolute atomic E-state index is 11.4. The summed E-state index contributed by atoms with van der Waals surface area (Å²) in [6.45, 7) is -0.995. The fraction of sp³-hybridized carbons (Fsp3) is 0.500. The number of halogens is 1. The zero-order valence-electron chi connectivity index (χ0n) is 4.37. The van der Waals surface area contributed by atoms with Crippen LogP contribution in [0.5, 0.6) is 0 Å². The molecule has 0 aliphatic carbocycles. The van der Waals surface area contributed by atoms with E-state index in [2.05, 4.69) is 0 Å². The van der Waals surface area contributed by atoms with Crippen molar-refractivity contribution in [1.29, 1.82) is 0 Å². The Morgan fingerprint density at radius 2 is 2.00 bits per heavy atom. The van der Waals surface area contributed by atoms with E-state index < -0.39 is 24.5 Å². The number of carbonyl (C=O) groups is 2. The zero-order valence-corrected chi connectivity index (χ0v) is 4.37. The van der Waals surface area contributed by atoms with Crippen molar-refractivity contribution in [2.24, 2.45) is 5.92 Å². The molecule has 9 heavy (non-hydrogen) atoms. The first-order valence-corrected chi connectivity index (χ1v) is 2.12. The Hall–Kier alpha value is -0.970. The van der Waals surface area contributed by atoms with Gasteiger partial charge in [0.25, 0.3) is 0 Å². The molecule has 0 fully saturated rings. The monoisotopic (exact) mass is 136 g/mol. The van der Waals surface area contributed by atoms with Gasteiger partial charge >= 0.3 is 12.0 Å². The first-order chi connectivity index (χ1) is 4.09. The van der Waals surface area contributed by atoms with Crippen LogP contribution in [0.1, 0.15) is 0 Å². The van der Waals surface area contributed by atoms with Gasteiger partial charge in [-0.3, -0.25) is 9.59 Å². The van der Waals surface area contributed by atoms with Crippen molar-refractivity contribution < 1.29 is 24.2 Å². The molecule has 0 aliphatic rings. The lowest BCUT2D eigenvalue weighted by molar-refractivity contribution is -0.151. The van der Waals surface area contributed by atoms with Gasteiger partial charge in [0, 0.05) is 0 Å². The van der Waals surface area contributed by atoms with Crippen LogP contribution in [-0.2, 0) is 9.59 Å². The third-order valence-electron chi connectivity index (χ3n) is 0.755. The van der Waals surface area contributed by atoms with Crippen LogP contribution in [-0.4, -0.2) is 28.8 Å². The van der Waals surface area contributed by atoms with E-state index in [-0.39, 0.29) is 0 Å².